The Morgan fingerprint density at radius 1 is 0.424 bits per heavy atom. The van der Waals surface area contributed by atoms with Crippen molar-refractivity contribution in [3.8, 4) is 0 Å². The van der Waals surface area contributed by atoms with Gasteiger partial charge in [0, 0.05) is 34.9 Å². The van der Waals surface area contributed by atoms with Crippen molar-refractivity contribution in [1.82, 2.24) is 9.97 Å². The third-order valence-corrected chi connectivity index (χ3v) is 6.11. The van der Waals surface area contributed by atoms with Crippen molar-refractivity contribution in [2.75, 3.05) is 9.80 Å². The first-order valence-corrected chi connectivity index (χ1v) is 11.0. The summed E-state index contributed by atoms with van der Waals surface area (Å²) in [7, 11) is 0. The molecule has 5 aromatic rings. The van der Waals surface area contributed by atoms with Gasteiger partial charge in [0.15, 0.2) is 17.3 Å². The lowest BCUT2D eigenvalue weighted by Gasteiger charge is -2.46. The highest BCUT2D eigenvalue weighted by molar-refractivity contribution is 5.88. The fraction of sp³-hybridized carbons (Fsp3) is 0.0345. The Morgan fingerprint density at radius 2 is 0.758 bits per heavy atom. The highest BCUT2D eigenvalue weighted by Crippen LogP contribution is 2.57. The maximum atomic E-state index is 4.86. The molecule has 0 spiro atoms. The summed E-state index contributed by atoms with van der Waals surface area (Å²) >= 11 is 0. The maximum absolute atomic E-state index is 4.86. The predicted molar refractivity (Wildman–Crippen MR) is 133 cm³/mol. The van der Waals surface area contributed by atoms with Gasteiger partial charge in [-0.3, -0.25) is 9.80 Å². The summed E-state index contributed by atoms with van der Waals surface area (Å²) in [5, 5.41) is 0. The third-order valence-electron chi connectivity index (χ3n) is 6.11. The summed E-state index contributed by atoms with van der Waals surface area (Å²) in [6.07, 6.45) is 3.54. The number of nitrogens with zero attached hydrogens (tertiary/aromatic N) is 4. The Balaban J connectivity index is 1.78. The molecule has 0 bridgehead atoms. The fourth-order valence-corrected chi connectivity index (χ4v) is 4.84. The smallest absolute Gasteiger partial charge is 0.179 e. The molecule has 33 heavy (non-hydrogen) atoms. The van der Waals surface area contributed by atoms with Gasteiger partial charge < -0.3 is 0 Å². The zero-order valence-electron chi connectivity index (χ0n) is 18.0. The van der Waals surface area contributed by atoms with E-state index >= 15 is 0 Å². The number of aromatic nitrogens is 2. The van der Waals surface area contributed by atoms with Gasteiger partial charge in [-0.05, 0) is 24.3 Å². The molecule has 0 saturated heterocycles. The molecule has 0 amide bonds. The highest BCUT2D eigenvalue weighted by atomic mass is 15.5. The highest BCUT2D eigenvalue weighted by Gasteiger charge is 2.55. The lowest BCUT2D eigenvalue weighted by molar-refractivity contribution is 0.556. The molecule has 1 aliphatic rings. The topological polar surface area (TPSA) is 32.3 Å². The van der Waals surface area contributed by atoms with Gasteiger partial charge in [-0.1, -0.05) is 97.1 Å². The second kappa shape index (κ2) is 7.92. The van der Waals surface area contributed by atoms with Crippen LogP contribution in [0.5, 0.6) is 0 Å². The zero-order chi connectivity index (χ0) is 22.1. The van der Waals surface area contributed by atoms with E-state index in [0.717, 1.165) is 34.1 Å². The first-order valence-electron chi connectivity index (χ1n) is 11.0. The van der Waals surface area contributed by atoms with E-state index < -0.39 is 5.66 Å². The average molecular weight is 427 g/mol. The van der Waals surface area contributed by atoms with Crippen molar-refractivity contribution < 1.29 is 0 Å². The van der Waals surface area contributed by atoms with Gasteiger partial charge in [-0.25, -0.2) is 9.97 Å². The van der Waals surface area contributed by atoms with E-state index in [1.54, 1.807) is 12.4 Å². The summed E-state index contributed by atoms with van der Waals surface area (Å²) < 4.78 is 0. The summed E-state index contributed by atoms with van der Waals surface area (Å²) in [5.41, 5.74) is 3.62. The standard InChI is InChI=1S/C29H22N4/c1-5-13-23(14-6-1)29(24-15-7-2-8-16-24)32(25-17-9-3-10-18-25)27-28(31-22-21-30-27)33(29)26-19-11-4-12-20-26/h1-22H. The molecule has 158 valence electrons. The van der Waals surface area contributed by atoms with Gasteiger partial charge in [-0.2, -0.15) is 0 Å². The van der Waals surface area contributed by atoms with Gasteiger partial charge in [0.05, 0.1) is 0 Å². The fourth-order valence-electron chi connectivity index (χ4n) is 4.84. The minimum atomic E-state index is -0.727. The van der Waals surface area contributed by atoms with E-state index in [1.807, 2.05) is 12.1 Å². The van der Waals surface area contributed by atoms with Crippen molar-refractivity contribution >= 4 is 23.0 Å². The molecule has 0 fully saturated rings. The maximum Gasteiger partial charge on any atom is 0.179 e. The van der Waals surface area contributed by atoms with Crippen molar-refractivity contribution in [1.29, 1.82) is 0 Å². The van der Waals surface area contributed by atoms with Crippen LogP contribution in [0, 0.1) is 0 Å². The number of hydrogen-bond acceptors (Lipinski definition) is 4. The van der Waals surface area contributed by atoms with Crippen molar-refractivity contribution in [2.45, 2.75) is 5.66 Å². The molecule has 4 aromatic carbocycles. The number of rotatable bonds is 4. The molecule has 4 nitrogen and oxygen atoms in total. The van der Waals surface area contributed by atoms with E-state index in [0.29, 0.717) is 0 Å². The van der Waals surface area contributed by atoms with Crippen LogP contribution in [0.1, 0.15) is 11.1 Å². The molecule has 0 saturated carbocycles. The van der Waals surface area contributed by atoms with Crippen LogP contribution in [0.3, 0.4) is 0 Å². The van der Waals surface area contributed by atoms with Crippen LogP contribution in [-0.4, -0.2) is 9.97 Å². The normalized spacial score (nSPS) is 14.2. The molecule has 2 heterocycles. The minimum absolute atomic E-state index is 0.727. The second-order valence-electron chi connectivity index (χ2n) is 7.95. The Labute approximate surface area is 193 Å². The number of benzene rings is 4. The first-order chi connectivity index (χ1) is 16.4. The molecule has 1 aliphatic heterocycles. The average Bonchev–Trinajstić information content (AvgIpc) is 3.22. The van der Waals surface area contributed by atoms with Crippen LogP contribution in [-0.2, 0) is 5.66 Å². The largest absolute Gasteiger partial charge is 0.291 e. The molecular weight excluding hydrogens is 404 g/mol. The number of para-hydroxylation sites is 2. The quantitative estimate of drug-likeness (QED) is 0.321. The van der Waals surface area contributed by atoms with Crippen LogP contribution in [0.2, 0.25) is 0 Å². The van der Waals surface area contributed by atoms with Crippen molar-refractivity contribution in [3.63, 3.8) is 0 Å². The third kappa shape index (κ3) is 2.92. The number of hydrogen-bond donors (Lipinski definition) is 0. The van der Waals surface area contributed by atoms with E-state index in [1.165, 1.54) is 0 Å². The Kier molecular flexibility index (Phi) is 4.62. The van der Waals surface area contributed by atoms with Gasteiger partial charge in [-0.15, -0.1) is 0 Å². The van der Waals surface area contributed by atoms with Crippen LogP contribution < -0.4 is 9.80 Å². The van der Waals surface area contributed by atoms with Crippen molar-refractivity contribution in [3.05, 3.63) is 145 Å². The van der Waals surface area contributed by atoms with Crippen LogP contribution in [0.15, 0.2) is 134 Å². The van der Waals surface area contributed by atoms with E-state index in [-0.39, 0.29) is 0 Å². The lowest BCUT2D eigenvalue weighted by Crippen LogP contribution is -2.51. The SMILES string of the molecule is c1ccc(N2c3nccnc3N(c3ccccc3)C2(c2ccccc2)c2ccccc2)cc1. The van der Waals surface area contributed by atoms with E-state index in [9.17, 15) is 0 Å². The monoisotopic (exact) mass is 426 g/mol. The van der Waals surface area contributed by atoms with E-state index in [2.05, 4.69) is 119 Å². The van der Waals surface area contributed by atoms with Gasteiger partial charge >= 0.3 is 0 Å². The van der Waals surface area contributed by atoms with Gasteiger partial charge in [0.2, 0.25) is 0 Å². The first kappa shape index (κ1) is 19.3. The molecule has 0 N–H and O–H groups in total. The summed E-state index contributed by atoms with van der Waals surface area (Å²) in [6.45, 7) is 0. The summed E-state index contributed by atoms with van der Waals surface area (Å²) in [5.74, 6) is 1.64. The lowest BCUT2D eigenvalue weighted by atomic mass is 9.87. The molecule has 0 radical (unpaired) electrons. The Bertz CT molecular complexity index is 1250. The molecular formula is C29H22N4. The molecule has 6 rings (SSSR count). The molecule has 1 aromatic heterocycles. The van der Waals surface area contributed by atoms with Crippen LogP contribution >= 0.6 is 0 Å². The molecule has 0 aliphatic carbocycles. The van der Waals surface area contributed by atoms with Crippen LogP contribution in [0.4, 0.5) is 23.0 Å². The van der Waals surface area contributed by atoms with E-state index in [4.69, 9.17) is 9.97 Å². The summed E-state index contributed by atoms with van der Waals surface area (Å²) in [4.78, 5) is 14.3. The number of fused-ring (bicyclic) bond motifs is 1. The Morgan fingerprint density at radius 3 is 1.12 bits per heavy atom. The van der Waals surface area contributed by atoms with Gasteiger partial charge in [0.1, 0.15) is 0 Å². The van der Waals surface area contributed by atoms with Crippen molar-refractivity contribution in [2.24, 2.45) is 0 Å². The van der Waals surface area contributed by atoms with Crippen LogP contribution in [0.25, 0.3) is 0 Å². The summed E-state index contributed by atoms with van der Waals surface area (Å²) in [6, 6.07) is 42.1. The number of anilines is 4. The second-order valence-corrected chi connectivity index (χ2v) is 7.95. The molecule has 0 unspecified atom stereocenters. The Hall–Kier alpha value is -4.44. The molecule has 4 heteroatoms. The van der Waals surface area contributed by atoms with Gasteiger partial charge in [0.25, 0.3) is 0 Å². The molecule has 0 atom stereocenters. The predicted octanol–water partition coefficient (Wildman–Crippen LogP) is 6.67. The minimum Gasteiger partial charge on any atom is -0.291 e. The zero-order valence-corrected chi connectivity index (χ0v) is 18.0.